The van der Waals surface area contributed by atoms with Crippen LogP contribution in [0.3, 0.4) is 0 Å². The first-order chi connectivity index (χ1) is 36.9. The molecule has 6 heterocycles. The normalized spacial score (nSPS) is 16.2. The molecule has 2 aromatic carbocycles. The highest BCUT2D eigenvalue weighted by atomic mass is 32.2. The Balaban J connectivity index is 0.684. The topological polar surface area (TPSA) is 300 Å². The molecule has 0 saturated heterocycles. The lowest BCUT2D eigenvalue weighted by Crippen LogP contribution is -2.53. The van der Waals surface area contributed by atoms with E-state index in [2.05, 4.69) is 26.3 Å². The number of nitrogens with one attached hydrogen (secondary N) is 4. The third-order valence-electron chi connectivity index (χ3n) is 13.2. The highest BCUT2D eigenvalue weighted by Gasteiger charge is 2.46. The van der Waals surface area contributed by atoms with Crippen LogP contribution in [0.15, 0.2) is 45.5 Å². The quantitative estimate of drug-likeness (QED) is 0.0366. The van der Waals surface area contributed by atoms with Gasteiger partial charge in [0, 0.05) is 42.2 Å². The highest BCUT2D eigenvalue weighted by Crippen LogP contribution is 2.45. The van der Waals surface area contributed by atoms with Crippen LogP contribution in [0.4, 0.5) is 5.69 Å². The maximum absolute atomic E-state index is 13.8. The molecule has 0 saturated carbocycles. The van der Waals surface area contributed by atoms with Gasteiger partial charge in [-0.05, 0) is 61.2 Å². The molecule has 414 valence electrons. The predicted octanol–water partition coefficient (Wildman–Crippen LogP) is 2.65. The van der Waals surface area contributed by atoms with Gasteiger partial charge in [0.25, 0.3) is 5.56 Å². The Labute approximate surface area is 447 Å². The van der Waals surface area contributed by atoms with Crippen molar-refractivity contribution in [1.82, 2.24) is 30.5 Å². The Morgan fingerprint density at radius 3 is 2.21 bits per heavy atom. The molecule has 3 aromatic heterocycles. The number of thiazole rings is 1. The van der Waals surface area contributed by atoms with Crippen LogP contribution < -0.4 is 36.3 Å². The van der Waals surface area contributed by atoms with Crippen molar-refractivity contribution in [2.45, 2.75) is 88.6 Å². The molecule has 25 heteroatoms. The van der Waals surface area contributed by atoms with Crippen molar-refractivity contribution < 1.29 is 70.7 Å². The van der Waals surface area contributed by atoms with E-state index in [1.165, 1.54) is 6.92 Å². The zero-order chi connectivity index (χ0) is 55.0. The number of carbonyl (C=O) groups is 5. The van der Waals surface area contributed by atoms with Crippen molar-refractivity contribution in [3.63, 3.8) is 0 Å². The summed E-state index contributed by atoms with van der Waals surface area (Å²) in [6, 6.07) is 8.17. The SMILES string of the molecule is CC[C@@]1(O)C(=O)OCc2c1cc1n(c2=O)Cc2c-1nc1ccc(NC(=O)[C@H](C)NC(=O)[C@@H](NC(=O)CCOCCOCCOCCOCCNC(=O)CCOc3ccc4nc(S(C)(=O)=O)sc4c3)C(C)C)c3c1c2CCO3. The molecule has 5 N–H and O–H groups in total. The number of anilines is 1. The number of aliphatic hydroxyl groups is 1. The lowest BCUT2D eigenvalue weighted by atomic mass is 9.86. The summed E-state index contributed by atoms with van der Waals surface area (Å²) in [5.74, 6) is -1.86. The van der Waals surface area contributed by atoms with E-state index in [-0.39, 0.29) is 98.3 Å². The first kappa shape index (κ1) is 56.6. The van der Waals surface area contributed by atoms with E-state index in [4.69, 9.17) is 38.1 Å². The van der Waals surface area contributed by atoms with Crippen LogP contribution in [-0.4, -0.2) is 149 Å². The number of sulfone groups is 1. The van der Waals surface area contributed by atoms with Gasteiger partial charge in [-0.25, -0.2) is 23.2 Å². The molecular formula is C52H63N7O16S2. The van der Waals surface area contributed by atoms with Crippen molar-refractivity contribution >= 4 is 77.6 Å². The van der Waals surface area contributed by atoms with E-state index >= 15 is 0 Å². The number of benzene rings is 2. The monoisotopic (exact) mass is 1110 g/mol. The summed E-state index contributed by atoms with van der Waals surface area (Å²) in [5, 5.41) is 23.1. The second-order valence-electron chi connectivity index (χ2n) is 19.0. The van der Waals surface area contributed by atoms with Crippen molar-refractivity contribution in [2.75, 3.05) is 84.2 Å². The van der Waals surface area contributed by atoms with Crippen LogP contribution in [0.1, 0.15) is 69.2 Å². The molecule has 4 amide bonds. The lowest BCUT2D eigenvalue weighted by Gasteiger charge is -2.31. The van der Waals surface area contributed by atoms with E-state index in [0.717, 1.165) is 28.7 Å². The standard InChI is InChI=1S/C52H63N7O16S2/c1-6-52(66)35-26-39-45-33(27-59(39)49(64)34(35)28-75-50(52)65)32-11-16-74-46-38(10-9-37(55-45)43(32)46)56-47(62)30(4)54-48(63)44(29(2)3)58-42(61)12-15-69-19-21-71-23-24-72-22-20-70-18-14-53-41(60)13-17-73-31-7-8-36-40(25-31)76-51(57-36)77(5,67)68/h7-10,25-26,29-30,44,66H,6,11-24,27-28H2,1-5H3,(H,53,60)(H,54,63)(H,56,62)(H,58,61)/t30-,44-,52-/m0/s1. The van der Waals surface area contributed by atoms with Gasteiger partial charge in [-0.15, -0.1) is 11.3 Å². The Morgan fingerprint density at radius 2 is 1.51 bits per heavy atom. The average Bonchev–Trinajstić information content (AvgIpc) is 4.22. The van der Waals surface area contributed by atoms with E-state index in [1.807, 2.05) is 0 Å². The van der Waals surface area contributed by atoms with Crippen molar-refractivity contribution in [2.24, 2.45) is 5.92 Å². The lowest BCUT2D eigenvalue weighted by molar-refractivity contribution is -0.172. The Kier molecular flexibility index (Phi) is 18.2. The first-order valence-corrected chi connectivity index (χ1v) is 28.1. The maximum Gasteiger partial charge on any atom is 0.343 e. The number of carbonyl (C=O) groups excluding carboxylic acids is 5. The number of esters is 1. The summed E-state index contributed by atoms with van der Waals surface area (Å²) < 4.78 is 64.9. The summed E-state index contributed by atoms with van der Waals surface area (Å²) in [6.45, 7) is 9.67. The van der Waals surface area contributed by atoms with E-state index in [0.29, 0.717) is 95.7 Å². The summed E-state index contributed by atoms with van der Waals surface area (Å²) in [4.78, 5) is 87.6. The van der Waals surface area contributed by atoms with Crippen LogP contribution in [0.2, 0.25) is 0 Å². The van der Waals surface area contributed by atoms with Crippen LogP contribution in [0, 0.1) is 5.92 Å². The molecule has 77 heavy (non-hydrogen) atoms. The number of cyclic esters (lactones) is 1. The van der Waals surface area contributed by atoms with Crippen LogP contribution >= 0.6 is 11.3 Å². The zero-order valence-electron chi connectivity index (χ0n) is 43.4. The summed E-state index contributed by atoms with van der Waals surface area (Å²) >= 11 is 1.06. The second kappa shape index (κ2) is 24.8. The molecule has 23 nitrogen and oxygen atoms in total. The van der Waals surface area contributed by atoms with Crippen LogP contribution in [-0.2, 0) is 82.7 Å². The fourth-order valence-electron chi connectivity index (χ4n) is 9.07. The summed E-state index contributed by atoms with van der Waals surface area (Å²) in [7, 11) is -3.40. The number of rotatable bonds is 27. The molecule has 0 unspecified atom stereocenters. The van der Waals surface area contributed by atoms with Crippen LogP contribution in [0.25, 0.3) is 32.5 Å². The largest absolute Gasteiger partial charge is 0.493 e. The number of nitrogens with zero attached hydrogens (tertiary/aromatic N) is 3. The predicted molar refractivity (Wildman–Crippen MR) is 280 cm³/mol. The van der Waals surface area contributed by atoms with Gasteiger partial charge in [0.1, 0.15) is 24.4 Å². The van der Waals surface area contributed by atoms with Gasteiger partial charge in [-0.1, -0.05) is 20.8 Å². The Bertz CT molecular complexity index is 3230. The van der Waals surface area contributed by atoms with E-state index in [1.54, 1.807) is 61.7 Å². The summed E-state index contributed by atoms with van der Waals surface area (Å²) in [6.07, 6.45) is 1.76. The van der Waals surface area contributed by atoms with Crippen molar-refractivity contribution in [3.05, 3.63) is 69.0 Å². The summed E-state index contributed by atoms with van der Waals surface area (Å²) in [5.41, 5.74) is 2.39. The zero-order valence-corrected chi connectivity index (χ0v) is 45.1. The molecule has 0 bridgehead atoms. The van der Waals surface area contributed by atoms with E-state index < -0.39 is 51.2 Å². The minimum Gasteiger partial charge on any atom is -0.493 e. The third-order valence-corrected chi connectivity index (χ3v) is 15.9. The molecule has 0 spiro atoms. The highest BCUT2D eigenvalue weighted by molar-refractivity contribution is 7.92. The number of ether oxygens (including phenoxy) is 7. The van der Waals surface area contributed by atoms with Gasteiger partial charge in [-0.2, -0.15) is 0 Å². The average molecular weight is 1110 g/mol. The number of aromatic nitrogens is 3. The van der Waals surface area contributed by atoms with Gasteiger partial charge >= 0.3 is 5.97 Å². The third kappa shape index (κ3) is 13.1. The number of amides is 4. The number of hydrogen-bond donors (Lipinski definition) is 5. The van der Waals surface area contributed by atoms with Gasteiger partial charge in [0.05, 0.1) is 117 Å². The first-order valence-electron chi connectivity index (χ1n) is 25.4. The molecule has 0 fully saturated rings. The Hall–Kier alpha value is -6.61. The van der Waals surface area contributed by atoms with Gasteiger partial charge in [0.15, 0.2) is 11.4 Å². The van der Waals surface area contributed by atoms with Crippen LogP contribution in [0.5, 0.6) is 11.5 Å². The Morgan fingerprint density at radius 1 is 0.818 bits per heavy atom. The molecule has 8 rings (SSSR count). The molecule has 3 aliphatic rings. The second-order valence-corrected chi connectivity index (χ2v) is 22.2. The number of pyridine rings is 2. The number of fused-ring (bicyclic) bond motifs is 6. The molecular weight excluding hydrogens is 1040 g/mol. The van der Waals surface area contributed by atoms with E-state index in [9.17, 15) is 42.3 Å². The molecule has 0 aliphatic carbocycles. The smallest absolute Gasteiger partial charge is 0.343 e. The molecule has 5 aromatic rings. The van der Waals surface area contributed by atoms with Crippen molar-refractivity contribution in [3.8, 4) is 22.9 Å². The minimum absolute atomic E-state index is 0.00848. The number of hydrogen-bond acceptors (Lipinski definition) is 19. The fourth-order valence-corrected chi connectivity index (χ4v) is 10.9. The van der Waals surface area contributed by atoms with Gasteiger partial charge in [-0.3, -0.25) is 24.0 Å². The maximum atomic E-state index is 13.8. The molecule has 3 aliphatic heterocycles. The molecule has 0 radical (unpaired) electrons. The molecule has 3 atom stereocenters. The fraction of sp³-hybridized carbons (Fsp3) is 0.500. The van der Waals surface area contributed by atoms with Gasteiger partial charge < -0.3 is 64.1 Å². The van der Waals surface area contributed by atoms with Gasteiger partial charge in [0.2, 0.25) is 37.8 Å². The minimum atomic E-state index is -3.40. The van der Waals surface area contributed by atoms with Crippen molar-refractivity contribution in [1.29, 1.82) is 0 Å².